The Morgan fingerprint density at radius 2 is 1.79 bits per heavy atom. The van der Waals surface area contributed by atoms with Crippen LogP contribution in [-0.2, 0) is 0 Å². The number of aryl methyl sites for hydroxylation is 1. The second-order valence-corrected chi connectivity index (χ2v) is 9.56. The molecule has 34 heavy (non-hydrogen) atoms. The van der Waals surface area contributed by atoms with Gasteiger partial charge < -0.3 is 10.2 Å². The number of aromatic nitrogens is 1. The minimum absolute atomic E-state index is 0.0315. The summed E-state index contributed by atoms with van der Waals surface area (Å²) < 4.78 is 1.14. The topological polar surface area (TPSA) is 88.4 Å². The van der Waals surface area contributed by atoms with E-state index in [1.165, 1.54) is 11.6 Å². The molecule has 5 rings (SSSR count). The lowest BCUT2D eigenvalue weighted by molar-refractivity contribution is -0.384. The fraction of sp³-hybridized carbons (Fsp3) is 0.231. The summed E-state index contributed by atoms with van der Waals surface area (Å²) in [7, 11) is 0. The summed E-state index contributed by atoms with van der Waals surface area (Å²) in [4.78, 5) is 30.8. The average Bonchev–Trinajstić information content (AvgIpc) is 3.28. The Bertz CT molecular complexity index is 1370. The highest BCUT2D eigenvalue weighted by Crippen LogP contribution is 2.33. The van der Waals surface area contributed by atoms with Gasteiger partial charge in [0.25, 0.3) is 11.6 Å². The molecule has 0 spiro atoms. The Morgan fingerprint density at radius 1 is 1.03 bits per heavy atom. The summed E-state index contributed by atoms with van der Waals surface area (Å²) in [5.41, 5.74) is 4.57. The van der Waals surface area contributed by atoms with Crippen LogP contribution in [0.4, 0.5) is 17.1 Å². The number of nitro benzene ring substituents is 1. The SMILES string of the molecule is Cc1ccc2nc(-c3ccc(NC(=O)c4ccc(N5CCCCC5)c([N+](=O)[O-])c4)cc3)sc2c1. The van der Waals surface area contributed by atoms with Crippen molar-refractivity contribution in [2.45, 2.75) is 26.2 Å². The molecule has 2 heterocycles. The molecule has 1 saturated heterocycles. The van der Waals surface area contributed by atoms with Crippen LogP contribution in [0.25, 0.3) is 20.8 Å². The van der Waals surface area contributed by atoms with Crippen molar-refractivity contribution in [1.82, 2.24) is 4.98 Å². The number of fused-ring (bicyclic) bond motifs is 1. The maximum atomic E-state index is 12.8. The van der Waals surface area contributed by atoms with Crippen LogP contribution in [-0.4, -0.2) is 28.9 Å². The molecule has 1 aliphatic rings. The highest BCUT2D eigenvalue weighted by molar-refractivity contribution is 7.21. The molecule has 172 valence electrons. The highest BCUT2D eigenvalue weighted by atomic mass is 32.1. The smallest absolute Gasteiger partial charge is 0.293 e. The molecule has 0 aliphatic carbocycles. The van der Waals surface area contributed by atoms with Gasteiger partial charge in [-0.15, -0.1) is 11.3 Å². The van der Waals surface area contributed by atoms with Gasteiger partial charge in [-0.1, -0.05) is 6.07 Å². The molecule has 1 amide bonds. The molecular formula is C26H24N4O3S. The number of amides is 1. The zero-order valence-electron chi connectivity index (χ0n) is 18.8. The zero-order valence-corrected chi connectivity index (χ0v) is 19.6. The number of nitrogens with zero attached hydrogens (tertiary/aromatic N) is 3. The van der Waals surface area contributed by atoms with E-state index in [0.29, 0.717) is 11.4 Å². The summed E-state index contributed by atoms with van der Waals surface area (Å²) >= 11 is 1.63. The number of anilines is 2. The predicted octanol–water partition coefficient (Wildman–Crippen LogP) is 6.42. The molecule has 1 fully saturated rings. The summed E-state index contributed by atoms with van der Waals surface area (Å²) in [5.74, 6) is -0.378. The number of rotatable bonds is 5. The standard InChI is InChI=1S/C26H24N4O3S/c1-17-5-11-21-24(15-17)34-26(28-21)18-6-9-20(10-7-18)27-25(31)19-8-12-22(23(16-19)30(32)33)29-13-3-2-4-14-29/h5-12,15-16H,2-4,13-14H2,1H3,(H,27,31). The van der Waals surface area contributed by atoms with Gasteiger partial charge in [0.15, 0.2) is 0 Å². The Balaban J connectivity index is 1.33. The third-order valence-corrected chi connectivity index (χ3v) is 7.13. The van der Waals surface area contributed by atoms with Crippen molar-refractivity contribution in [3.63, 3.8) is 0 Å². The van der Waals surface area contributed by atoms with E-state index in [-0.39, 0.29) is 17.2 Å². The number of benzene rings is 3. The first-order chi connectivity index (χ1) is 16.5. The van der Waals surface area contributed by atoms with Crippen molar-refractivity contribution >= 4 is 44.5 Å². The Kier molecular flexibility index (Phi) is 5.98. The van der Waals surface area contributed by atoms with E-state index in [9.17, 15) is 14.9 Å². The predicted molar refractivity (Wildman–Crippen MR) is 137 cm³/mol. The van der Waals surface area contributed by atoms with E-state index >= 15 is 0 Å². The molecule has 1 aromatic heterocycles. The first-order valence-electron chi connectivity index (χ1n) is 11.3. The minimum atomic E-state index is -0.408. The van der Waals surface area contributed by atoms with Crippen LogP contribution >= 0.6 is 11.3 Å². The van der Waals surface area contributed by atoms with Crippen LogP contribution in [0.2, 0.25) is 0 Å². The van der Waals surface area contributed by atoms with E-state index < -0.39 is 4.92 Å². The Hall–Kier alpha value is -3.78. The first kappa shape index (κ1) is 22.0. The maximum Gasteiger partial charge on any atom is 0.293 e. The molecule has 1 N–H and O–H groups in total. The van der Waals surface area contributed by atoms with Gasteiger partial charge in [0, 0.05) is 36.0 Å². The van der Waals surface area contributed by atoms with Gasteiger partial charge in [-0.05, 0) is 80.3 Å². The number of piperidine rings is 1. The van der Waals surface area contributed by atoms with E-state index in [2.05, 4.69) is 18.3 Å². The van der Waals surface area contributed by atoms with E-state index in [1.807, 2.05) is 41.3 Å². The highest BCUT2D eigenvalue weighted by Gasteiger charge is 2.23. The number of hydrogen-bond acceptors (Lipinski definition) is 6. The van der Waals surface area contributed by atoms with Gasteiger partial charge in [-0.25, -0.2) is 4.98 Å². The van der Waals surface area contributed by atoms with Crippen LogP contribution < -0.4 is 10.2 Å². The van der Waals surface area contributed by atoms with Gasteiger partial charge in [0.2, 0.25) is 0 Å². The number of carbonyl (C=O) groups is 1. The molecule has 0 bridgehead atoms. The van der Waals surface area contributed by atoms with Crippen molar-refractivity contribution in [1.29, 1.82) is 0 Å². The summed E-state index contributed by atoms with van der Waals surface area (Å²) in [6, 6.07) is 18.4. The minimum Gasteiger partial charge on any atom is -0.366 e. The monoisotopic (exact) mass is 472 g/mol. The van der Waals surface area contributed by atoms with E-state index in [4.69, 9.17) is 4.98 Å². The quantitative estimate of drug-likeness (QED) is 0.267. The van der Waals surface area contributed by atoms with Crippen LogP contribution in [0.3, 0.4) is 0 Å². The third kappa shape index (κ3) is 4.49. The molecule has 0 radical (unpaired) electrons. The van der Waals surface area contributed by atoms with Crippen LogP contribution in [0.15, 0.2) is 60.7 Å². The van der Waals surface area contributed by atoms with Gasteiger partial charge in [0.1, 0.15) is 10.7 Å². The number of thiazole rings is 1. The zero-order chi connectivity index (χ0) is 23.7. The van der Waals surface area contributed by atoms with Crippen LogP contribution in [0, 0.1) is 17.0 Å². The number of nitrogens with one attached hydrogen (secondary N) is 1. The van der Waals surface area contributed by atoms with Crippen LogP contribution in [0.1, 0.15) is 35.2 Å². The van der Waals surface area contributed by atoms with Gasteiger partial charge in [-0.3, -0.25) is 14.9 Å². The lowest BCUT2D eigenvalue weighted by Crippen LogP contribution is -2.30. The van der Waals surface area contributed by atoms with Crippen molar-refractivity contribution < 1.29 is 9.72 Å². The molecule has 3 aromatic carbocycles. The molecule has 0 unspecified atom stereocenters. The van der Waals surface area contributed by atoms with Gasteiger partial charge in [0.05, 0.1) is 15.1 Å². The fourth-order valence-electron chi connectivity index (χ4n) is 4.27. The van der Waals surface area contributed by atoms with Crippen molar-refractivity contribution in [2.75, 3.05) is 23.3 Å². The first-order valence-corrected chi connectivity index (χ1v) is 12.1. The molecule has 0 saturated carbocycles. The van der Waals surface area contributed by atoms with E-state index in [0.717, 1.165) is 53.1 Å². The normalized spacial score (nSPS) is 13.7. The largest absolute Gasteiger partial charge is 0.366 e. The van der Waals surface area contributed by atoms with Gasteiger partial charge >= 0.3 is 0 Å². The lowest BCUT2D eigenvalue weighted by Gasteiger charge is -2.28. The van der Waals surface area contributed by atoms with Crippen LogP contribution in [0.5, 0.6) is 0 Å². The van der Waals surface area contributed by atoms with E-state index in [1.54, 1.807) is 23.5 Å². The molecular weight excluding hydrogens is 448 g/mol. The van der Waals surface area contributed by atoms with Gasteiger partial charge in [-0.2, -0.15) is 0 Å². The van der Waals surface area contributed by atoms with Crippen molar-refractivity contribution in [2.24, 2.45) is 0 Å². The average molecular weight is 473 g/mol. The summed E-state index contributed by atoms with van der Waals surface area (Å²) in [6.07, 6.45) is 3.18. The maximum absolute atomic E-state index is 12.8. The summed E-state index contributed by atoms with van der Waals surface area (Å²) in [6.45, 7) is 3.66. The Labute approximate surface area is 201 Å². The number of hydrogen-bond donors (Lipinski definition) is 1. The number of nitro groups is 1. The Morgan fingerprint density at radius 3 is 2.53 bits per heavy atom. The van der Waals surface area contributed by atoms with Crippen molar-refractivity contribution in [3.8, 4) is 10.6 Å². The third-order valence-electron chi connectivity index (χ3n) is 6.06. The fourth-order valence-corrected chi connectivity index (χ4v) is 5.34. The van der Waals surface area contributed by atoms with Crippen molar-refractivity contribution in [3.05, 3.63) is 81.9 Å². The molecule has 8 heteroatoms. The second kappa shape index (κ2) is 9.23. The number of carbonyl (C=O) groups excluding carboxylic acids is 1. The molecule has 0 atom stereocenters. The molecule has 4 aromatic rings. The summed E-state index contributed by atoms with van der Waals surface area (Å²) in [5, 5.41) is 15.5. The second-order valence-electron chi connectivity index (χ2n) is 8.53. The molecule has 1 aliphatic heterocycles. The molecule has 7 nitrogen and oxygen atoms in total. The lowest BCUT2D eigenvalue weighted by atomic mass is 10.1.